The molecule has 0 spiro atoms. The molecule has 2 aromatic rings. The summed E-state index contributed by atoms with van der Waals surface area (Å²) in [5, 5.41) is 10.7. The molecule has 0 bridgehead atoms. The fourth-order valence-electron chi connectivity index (χ4n) is 7.06. The predicted octanol–water partition coefficient (Wildman–Crippen LogP) is 9.71. The second-order valence-electron chi connectivity index (χ2n) is 15.6. The van der Waals surface area contributed by atoms with Crippen molar-refractivity contribution in [2.75, 3.05) is 25.6 Å². The number of nitrogens with two attached hydrogens (primary N) is 1. The van der Waals surface area contributed by atoms with Gasteiger partial charge in [0, 0.05) is 19.3 Å². The monoisotopic (exact) mass is 857 g/mol. The molecule has 17 heteroatoms. The zero-order chi connectivity index (χ0) is 42.0. The zero-order valence-corrected chi connectivity index (χ0v) is 36.8. The van der Waals surface area contributed by atoms with E-state index in [1.54, 1.807) is 4.57 Å². The molecular formula is C41H72N5O10PS. The third-order valence-corrected chi connectivity index (χ3v) is 11.7. The van der Waals surface area contributed by atoms with Gasteiger partial charge in [0.25, 0.3) is 0 Å². The first kappa shape index (κ1) is 49.9. The molecule has 2 aromatic heterocycles. The first-order valence-electron chi connectivity index (χ1n) is 22.1. The maximum Gasteiger partial charge on any atom is 0.472 e. The van der Waals surface area contributed by atoms with E-state index in [4.69, 9.17) is 41.2 Å². The van der Waals surface area contributed by atoms with Crippen molar-refractivity contribution in [2.24, 2.45) is 0 Å². The second-order valence-corrected chi connectivity index (χ2v) is 17.5. The van der Waals surface area contributed by atoms with Gasteiger partial charge in [-0.1, -0.05) is 154 Å². The lowest BCUT2D eigenvalue weighted by Crippen LogP contribution is -2.30. The third kappa shape index (κ3) is 20.2. The van der Waals surface area contributed by atoms with E-state index in [0.29, 0.717) is 28.6 Å². The molecule has 0 aromatic carbocycles. The summed E-state index contributed by atoms with van der Waals surface area (Å²) in [6.45, 7) is 3.09. The van der Waals surface area contributed by atoms with Gasteiger partial charge < -0.3 is 34.9 Å². The number of aliphatic hydroxyl groups is 1. The number of aromatic nitrogens is 4. The summed E-state index contributed by atoms with van der Waals surface area (Å²) in [5.41, 5.74) is 6.58. The van der Waals surface area contributed by atoms with Gasteiger partial charge in [-0.3, -0.25) is 23.2 Å². The van der Waals surface area contributed by atoms with E-state index >= 15 is 0 Å². The number of esters is 2. The molecule has 3 heterocycles. The van der Waals surface area contributed by atoms with E-state index in [1.165, 1.54) is 96.2 Å². The second kappa shape index (κ2) is 28.9. The van der Waals surface area contributed by atoms with Gasteiger partial charge in [0.15, 0.2) is 11.8 Å². The Balaban J connectivity index is 1.42. The van der Waals surface area contributed by atoms with Gasteiger partial charge in [0.05, 0.1) is 25.6 Å². The number of hydrogen-bond donors (Lipinski definition) is 4. The highest BCUT2D eigenvalue weighted by molar-refractivity contribution is 7.71. The summed E-state index contributed by atoms with van der Waals surface area (Å²) in [4.78, 5) is 47.1. The molecule has 5 N–H and O–H groups in total. The number of unbranched alkanes of at least 4 members (excludes halogenated alkanes) is 20. The molecular weight excluding hydrogens is 786 g/mol. The highest BCUT2D eigenvalue weighted by Gasteiger charge is 2.38. The Labute approximate surface area is 350 Å². The van der Waals surface area contributed by atoms with Gasteiger partial charge in [-0.25, -0.2) is 9.55 Å². The first-order chi connectivity index (χ1) is 28.0. The number of hydrogen-bond acceptors (Lipinski definition) is 13. The van der Waals surface area contributed by atoms with Crippen molar-refractivity contribution in [3.63, 3.8) is 0 Å². The number of fused-ring (bicyclic) bond motifs is 1. The van der Waals surface area contributed by atoms with E-state index in [9.17, 15) is 24.2 Å². The maximum absolute atomic E-state index is 12.9. The van der Waals surface area contributed by atoms with Crippen LogP contribution in [0.15, 0.2) is 6.33 Å². The lowest BCUT2D eigenvalue weighted by molar-refractivity contribution is -0.161. The molecule has 0 amide bonds. The molecule has 1 fully saturated rings. The van der Waals surface area contributed by atoms with Crippen LogP contribution < -0.4 is 5.73 Å². The Bertz CT molecular complexity index is 1560. The lowest BCUT2D eigenvalue weighted by Gasteiger charge is -2.21. The van der Waals surface area contributed by atoms with Crippen LogP contribution in [0.2, 0.25) is 0 Å². The molecule has 1 aliphatic heterocycles. The quantitative estimate of drug-likeness (QED) is 0.0224. The molecule has 3 rings (SSSR count). The Kier molecular flexibility index (Phi) is 24.9. The number of aromatic amines is 1. The number of aliphatic hydroxyl groups excluding tert-OH is 1. The number of anilines is 1. The molecule has 1 aliphatic rings. The number of nitrogens with one attached hydrogen (secondary N) is 1. The number of nitrogens with zero attached hydrogens (tertiary/aromatic N) is 3. The number of phosphoric ester groups is 1. The minimum atomic E-state index is -4.73. The molecule has 0 radical (unpaired) electrons. The summed E-state index contributed by atoms with van der Waals surface area (Å²) in [6.07, 6.45) is 23.4. The Morgan fingerprint density at radius 1 is 0.862 bits per heavy atom. The standard InChI is InChI=1S/C41H72N5O10PS/c1-3-5-7-9-11-13-15-17-19-21-23-25-36(48)52-28-32(55-37(49)26-24-22-20-18-16-14-12-10-8-6-4-2)29-53-57(50,51)54-30-34-33(47)27-35(56-34)46-31-43-38-39(46)44-41(42)45-40(38)58/h31-35,47H,3-30H2,1-2H3,(H,50,51)(H3,42,44,45,58)/t32-,33+,34-,35-/m1/s1. The largest absolute Gasteiger partial charge is 0.472 e. The highest BCUT2D eigenvalue weighted by Crippen LogP contribution is 2.44. The Morgan fingerprint density at radius 2 is 1.38 bits per heavy atom. The van der Waals surface area contributed by atoms with Crippen molar-refractivity contribution < 1.29 is 47.4 Å². The van der Waals surface area contributed by atoms with Crippen LogP contribution in [0.5, 0.6) is 0 Å². The molecule has 58 heavy (non-hydrogen) atoms. The van der Waals surface area contributed by atoms with Crippen molar-refractivity contribution in [2.45, 2.75) is 199 Å². The third-order valence-electron chi connectivity index (χ3n) is 10.5. The van der Waals surface area contributed by atoms with Gasteiger partial charge in [0.2, 0.25) is 5.95 Å². The van der Waals surface area contributed by atoms with Crippen LogP contribution in [0.1, 0.15) is 181 Å². The molecule has 1 saturated heterocycles. The van der Waals surface area contributed by atoms with Crippen molar-refractivity contribution >= 4 is 49.1 Å². The number of phosphoric acid groups is 1. The van der Waals surface area contributed by atoms with Gasteiger partial charge in [-0.2, -0.15) is 4.98 Å². The summed E-state index contributed by atoms with van der Waals surface area (Å²) in [6, 6.07) is 0. The van der Waals surface area contributed by atoms with E-state index in [1.807, 2.05) is 0 Å². The van der Waals surface area contributed by atoms with Crippen molar-refractivity contribution in [1.82, 2.24) is 19.5 Å². The predicted molar refractivity (Wildman–Crippen MR) is 226 cm³/mol. The topological polar surface area (TPSA) is 210 Å². The van der Waals surface area contributed by atoms with Gasteiger partial charge in [-0.05, 0) is 12.8 Å². The smallest absolute Gasteiger partial charge is 0.462 e. The number of H-pyrrole nitrogens is 1. The number of rotatable bonds is 34. The maximum atomic E-state index is 12.9. The van der Waals surface area contributed by atoms with E-state index in [0.717, 1.165) is 38.5 Å². The molecule has 0 saturated carbocycles. The van der Waals surface area contributed by atoms with Crippen LogP contribution in [0.4, 0.5) is 5.95 Å². The van der Waals surface area contributed by atoms with Crippen LogP contribution in [-0.4, -0.2) is 79.6 Å². The average molecular weight is 858 g/mol. The van der Waals surface area contributed by atoms with E-state index < -0.39 is 57.5 Å². The van der Waals surface area contributed by atoms with Crippen LogP contribution in [-0.2, 0) is 37.4 Å². The summed E-state index contributed by atoms with van der Waals surface area (Å²) in [5.74, 6) is -0.844. The summed E-state index contributed by atoms with van der Waals surface area (Å²) in [7, 11) is -4.73. The number of carbonyl (C=O) groups excluding carboxylic acids is 2. The molecule has 332 valence electrons. The summed E-state index contributed by atoms with van der Waals surface area (Å²) >= 11 is 5.27. The minimum absolute atomic E-state index is 0.0909. The summed E-state index contributed by atoms with van der Waals surface area (Å²) < 4.78 is 42.2. The molecule has 0 aliphatic carbocycles. The first-order valence-corrected chi connectivity index (χ1v) is 24.0. The van der Waals surface area contributed by atoms with Crippen molar-refractivity contribution in [3.8, 4) is 0 Å². The number of imidazole rings is 1. The van der Waals surface area contributed by atoms with Crippen molar-refractivity contribution in [1.29, 1.82) is 0 Å². The van der Waals surface area contributed by atoms with Crippen LogP contribution in [0.3, 0.4) is 0 Å². The van der Waals surface area contributed by atoms with Gasteiger partial charge >= 0.3 is 19.8 Å². The fraction of sp³-hybridized carbons (Fsp3) is 0.829. The SMILES string of the molecule is CCCCCCCCCCCCCC(=O)OC[C@H](COP(=O)(O)OC[C@H]1O[C@@H](n2cnc3c(=S)[nH]c(N)nc32)C[C@@H]1O)OC(=O)CCCCCCCCCCCCC. The van der Waals surface area contributed by atoms with Crippen molar-refractivity contribution in [3.05, 3.63) is 11.0 Å². The lowest BCUT2D eigenvalue weighted by atomic mass is 10.1. The van der Waals surface area contributed by atoms with E-state index in [-0.39, 0.29) is 31.8 Å². The normalized spacial score (nSPS) is 18.4. The average Bonchev–Trinajstić information content (AvgIpc) is 3.79. The molecule has 1 unspecified atom stereocenters. The number of ether oxygens (including phenoxy) is 3. The van der Waals surface area contributed by atoms with Crippen LogP contribution in [0.25, 0.3) is 11.2 Å². The van der Waals surface area contributed by atoms with Gasteiger partial charge in [0.1, 0.15) is 29.1 Å². The van der Waals surface area contributed by atoms with Crippen LogP contribution in [0, 0.1) is 4.64 Å². The molecule has 15 nitrogen and oxygen atoms in total. The van der Waals surface area contributed by atoms with Gasteiger partial charge in [-0.15, -0.1) is 0 Å². The zero-order valence-electron chi connectivity index (χ0n) is 35.1. The molecule has 5 atom stereocenters. The fourth-order valence-corrected chi connectivity index (χ4v) is 8.07. The Hall–Kier alpha value is -2.46. The number of carbonyl (C=O) groups is 2. The minimum Gasteiger partial charge on any atom is -0.462 e. The highest BCUT2D eigenvalue weighted by atomic mass is 32.1. The number of nitrogen functional groups attached to an aromatic ring is 1. The van der Waals surface area contributed by atoms with Crippen LogP contribution >= 0.6 is 20.0 Å². The van der Waals surface area contributed by atoms with E-state index in [2.05, 4.69) is 28.8 Å². The Morgan fingerprint density at radius 3 is 1.93 bits per heavy atom.